The Balaban J connectivity index is 1.75. The predicted molar refractivity (Wildman–Crippen MR) is 131 cm³/mol. The molecule has 0 spiro atoms. The molecule has 1 N–H and O–H groups in total. The maximum absolute atomic E-state index is 13.7. The number of aromatic hydroxyl groups is 1. The van der Waals surface area contributed by atoms with E-state index in [2.05, 4.69) is 35.8 Å². The molecule has 1 heterocycles. The van der Waals surface area contributed by atoms with Crippen LogP contribution in [0.25, 0.3) is 0 Å². The number of phenolic OH excluding ortho intramolecular Hbond substituents is 1. The van der Waals surface area contributed by atoms with Gasteiger partial charge >= 0.3 is 0 Å². The molecule has 0 aromatic heterocycles. The van der Waals surface area contributed by atoms with Gasteiger partial charge < -0.3 is 19.6 Å². The maximum Gasteiger partial charge on any atom is 0.123 e. The topological polar surface area (TPSA) is 35.9 Å². The zero-order valence-corrected chi connectivity index (χ0v) is 19.5. The Kier molecular flexibility index (Phi) is 7.63. The molecule has 0 bridgehead atoms. The summed E-state index contributed by atoms with van der Waals surface area (Å²) in [4.78, 5) is 4.67. The lowest BCUT2D eigenvalue weighted by atomic mass is 9.86. The molecule has 0 saturated carbocycles. The summed E-state index contributed by atoms with van der Waals surface area (Å²) >= 11 is 0. The second-order valence-corrected chi connectivity index (χ2v) is 8.48. The van der Waals surface area contributed by atoms with Crippen molar-refractivity contribution in [2.75, 3.05) is 37.7 Å². The van der Waals surface area contributed by atoms with Crippen molar-refractivity contribution < 1.29 is 14.2 Å². The number of ether oxygens (including phenoxy) is 1. The number of rotatable bonds is 9. The summed E-state index contributed by atoms with van der Waals surface area (Å²) in [5, 5.41) is 10.1. The summed E-state index contributed by atoms with van der Waals surface area (Å²) in [5.74, 6) is 0.0363. The Morgan fingerprint density at radius 1 is 1.03 bits per heavy atom. The smallest absolute Gasteiger partial charge is 0.123 e. The minimum atomic E-state index is -0.243. The van der Waals surface area contributed by atoms with Gasteiger partial charge in [-0.3, -0.25) is 0 Å². The minimum absolute atomic E-state index is 0.0982. The number of phenols is 1. The van der Waals surface area contributed by atoms with E-state index < -0.39 is 0 Å². The van der Waals surface area contributed by atoms with Crippen molar-refractivity contribution >= 4 is 5.69 Å². The molecular weight excluding hydrogens is 415 g/mol. The Hall–Kier alpha value is -2.89. The van der Waals surface area contributed by atoms with Crippen LogP contribution in [0.1, 0.15) is 42.7 Å². The lowest BCUT2D eigenvalue weighted by molar-refractivity contribution is 0.0186. The summed E-state index contributed by atoms with van der Waals surface area (Å²) in [7, 11) is 0. The zero-order valence-electron chi connectivity index (χ0n) is 19.5. The summed E-state index contributed by atoms with van der Waals surface area (Å²) in [5.41, 5.74) is 4.34. The van der Waals surface area contributed by atoms with Crippen LogP contribution in [0, 0.1) is 5.82 Å². The predicted octanol–water partition coefficient (Wildman–Crippen LogP) is 5.73. The number of likely N-dealkylation sites (N-methyl/N-ethyl adjacent to an activating group) is 1. The van der Waals surface area contributed by atoms with Crippen molar-refractivity contribution in [1.29, 1.82) is 0 Å². The molecule has 4 nitrogen and oxygen atoms in total. The molecule has 174 valence electrons. The molecule has 0 fully saturated rings. The minimum Gasteiger partial charge on any atom is -0.508 e. The Morgan fingerprint density at radius 2 is 1.76 bits per heavy atom. The van der Waals surface area contributed by atoms with Crippen molar-refractivity contribution in [3.8, 4) is 5.75 Å². The third-order valence-electron chi connectivity index (χ3n) is 6.58. The average Bonchev–Trinajstić information content (AvgIpc) is 2.85. The van der Waals surface area contributed by atoms with Crippen LogP contribution in [-0.4, -0.2) is 42.8 Å². The van der Waals surface area contributed by atoms with E-state index in [-0.39, 0.29) is 23.7 Å². The lowest BCUT2D eigenvalue weighted by Gasteiger charge is -2.43. The highest BCUT2D eigenvalue weighted by Crippen LogP contribution is 2.44. The second-order valence-electron chi connectivity index (χ2n) is 8.48. The summed E-state index contributed by atoms with van der Waals surface area (Å²) in [6, 6.07) is 22.5. The standard InChI is InChI=1S/C28H33FN2O2/c1-3-30(4-2)18-19-33-28(21-8-6-5-7-9-21)27-26-15-14-25(32)20-22(26)16-17-31(27)24-12-10-23(29)11-13-24/h5-15,20,27-28,32H,3-4,16-19H2,1-2H3. The number of nitrogens with zero attached hydrogens (tertiary/aromatic N) is 2. The SMILES string of the molecule is CCN(CC)CCOC(c1ccccc1)C1c2ccc(O)cc2CCN1c1ccc(F)cc1. The number of benzene rings is 3. The fraction of sp³-hybridized carbons (Fsp3) is 0.357. The van der Waals surface area contributed by atoms with Gasteiger partial charge in [0.1, 0.15) is 17.7 Å². The molecule has 1 aliphatic rings. The first kappa shape index (κ1) is 23.3. The Morgan fingerprint density at radius 3 is 2.45 bits per heavy atom. The summed E-state index contributed by atoms with van der Waals surface area (Å²) < 4.78 is 20.3. The lowest BCUT2D eigenvalue weighted by Crippen LogP contribution is -2.40. The van der Waals surface area contributed by atoms with Gasteiger partial charge in [0.15, 0.2) is 0 Å². The number of halogens is 1. The van der Waals surface area contributed by atoms with E-state index >= 15 is 0 Å². The average molecular weight is 449 g/mol. The Labute approximate surface area is 196 Å². The highest BCUT2D eigenvalue weighted by atomic mass is 19.1. The van der Waals surface area contributed by atoms with Crippen LogP contribution in [0.4, 0.5) is 10.1 Å². The van der Waals surface area contributed by atoms with Crippen LogP contribution in [-0.2, 0) is 11.2 Å². The first-order valence-corrected chi connectivity index (χ1v) is 11.8. The maximum atomic E-state index is 13.7. The molecule has 2 unspecified atom stereocenters. The van der Waals surface area contributed by atoms with Crippen molar-refractivity contribution in [2.24, 2.45) is 0 Å². The van der Waals surface area contributed by atoms with Crippen LogP contribution in [0.5, 0.6) is 5.75 Å². The van der Waals surface area contributed by atoms with Crippen LogP contribution in [0.15, 0.2) is 72.8 Å². The van der Waals surface area contributed by atoms with E-state index in [0.717, 1.165) is 55.0 Å². The molecule has 4 rings (SSSR count). The fourth-order valence-corrected chi connectivity index (χ4v) is 4.75. The van der Waals surface area contributed by atoms with Gasteiger partial charge in [-0.1, -0.05) is 50.2 Å². The normalized spacial score (nSPS) is 16.6. The molecule has 3 aromatic rings. The van der Waals surface area contributed by atoms with E-state index in [1.54, 1.807) is 6.07 Å². The van der Waals surface area contributed by atoms with Crippen molar-refractivity contribution in [2.45, 2.75) is 32.4 Å². The number of hydrogen-bond acceptors (Lipinski definition) is 4. The molecule has 3 aromatic carbocycles. The largest absolute Gasteiger partial charge is 0.508 e. The summed E-state index contributed by atoms with van der Waals surface area (Å²) in [6.45, 7) is 8.54. The van der Waals surface area contributed by atoms with E-state index in [9.17, 15) is 9.50 Å². The van der Waals surface area contributed by atoms with E-state index in [4.69, 9.17) is 4.74 Å². The molecule has 0 radical (unpaired) electrons. The third kappa shape index (κ3) is 5.37. The van der Waals surface area contributed by atoms with Crippen LogP contribution in [0.2, 0.25) is 0 Å². The van der Waals surface area contributed by atoms with Gasteiger partial charge in [0.25, 0.3) is 0 Å². The second kappa shape index (κ2) is 10.8. The van der Waals surface area contributed by atoms with Crippen LogP contribution < -0.4 is 4.90 Å². The van der Waals surface area contributed by atoms with Gasteiger partial charge in [0, 0.05) is 18.8 Å². The molecule has 33 heavy (non-hydrogen) atoms. The van der Waals surface area contributed by atoms with Gasteiger partial charge in [-0.2, -0.15) is 0 Å². The van der Waals surface area contributed by atoms with Crippen molar-refractivity contribution in [1.82, 2.24) is 4.90 Å². The van der Waals surface area contributed by atoms with Gasteiger partial charge in [-0.15, -0.1) is 0 Å². The zero-order chi connectivity index (χ0) is 23.2. The quantitative estimate of drug-likeness (QED) is 0.453. The third-order valence-corrected chi connectivity index (χ3v) is 6.58. The van der Waals surface area contributed by atoms with Crippen LogP contribution >= 0.6 is 0 Å². The first-order valence-electron chi connectivity index (χ1n) is 11.8. The molecule has 2 atom stereocenters. The van der Waals surface area contributed by atoms with E-state index in [0.29, 0.717) is 6.61 Å². The monoisotopic (exact) mass is 448 g/mol. The molecule has 1 aliphatic heterocycles. The van der Waals surface area contributed by atoms with Crippen molar-refractivity contribution in [3.63, 3.8) is 0 Å². The van der Waals surface area contributed by atoms with Gasteiger partial charge in [-0.25, -0.2) is 4.39 Å². The Bertz CT molecular complexity index is 1020. The van der Waals surface area contributed by atoms with Gasteiger partial charge in [0.2, 0.25) is 0 Å². The highest BCUT2D eigenvalue weighted by Gasteiger charge is 2.36. The molecular formula is C28H33FN2O2. The number of anilines is 1. The van der Waals surface area contributed by atoms with E-state index in [1.165, 1.54) is 12.1 Å². The van der Waals surface area contributed by atoms with E-state index in [1.807, 2.05) is 42.5 Å². The number of fused-ring (bicyclic) bond motifs is 1. The summed E-state index contributed by atoms with van der Waals surface area (Å²) in [6.07, 6.45) is 0.592. The van der Waals surface area contributed by atoms with Crippen LogP contribution in [0.3, 0.4) is 0 Å². The van der Waals surface area contributed by atoms with Gasteiger partial charge in [0.05, 0.1) is 12.6 Å². The molecule has 0 saturated heterocycles. The van der Waals surface area contributed by atoms with Crippen molar-refractivity contribution in [3.05, 3.63) is 95.3 Å². The molecule has 5 heteroatoms. The van der Waals surface area contributed by atoms with Gasteiger partial charge in [-0.05, 0) is 72.6 Å². The molecule has 0 amide bonds. The first-order chi connectivity index (χ1) is 16.1. The molecule has 0 aliphatic carbocycles. The highest BCUT2D eigenvalue weighted by molar-refractivity contribution is 5.54. The number of hydrogen-bond donors (Lipinski definition) is 1. The fourth-order valence-electron chi connectivity index (χ4n) is 4.75.